The van der Waals surface area contributed by atoms with E-state index in [1.807, 2.05) is 44.2 Å². The van der Waals surface area contributed by atoms with Gasteiger partial charge in [-0.1, -0.05) is 55.8 Å². The molecule has 1 atom stereocenters. The lowest BCUT2D eigenvalue weighted by molar-refractivity contribution is 0.0778. The molecule has 0 fully saturated rings. The van der Waals surface area contributed by atoms with E-state index in [0.717, 1.165) is 5.56 Å². The fourth-order valence-electron chi connectivity index (χ4n) is 1.01. The smallest absolute Gasteiger partial charge is 0.166 e. The van der Waals surface area contributed by atoms with E-state index in [0.29, 0.717) is 0 Å². The van der Waals surface area contributed by atoms with E-state index >= 15 is 0 Å². The Hall–Kier alpha value is -0.530. The van der Waals surface area contributed by atoms with Crippen molar-refractivity contribution in [2.45, 2.75) is 18.9 Å². The van der Waals surface area contributed by atoms with Gasteiger partial charge in [-0.25, -0.2) is 0 Å². The van der Waals surface area contributed by atoms with Crippen LogP contribution in [0.4, 0.5) is 0 Å². The number of halogens is 1. The third kappa shape index (κ3) is 1.79. The summed E-state index contributed by atoms with van der Waals surface area (Å²) < 4.78 is 0. The Balaban J connectivity index is 2.98. The fraction of sp³-hybridized carbons (Fsp3) is 0.400. The minimum atomic E-state index is -1.23. The van der Waals surface area contributed by atoms with Crippen LogP contribution in [0.2, 0.25) is 0 Å². The van der Waals surface area contributed by atoms with E-state index < -0.39 is 5.06 Å². The van der Waals surface area contributed by atoms with Crippen molar-refractivity contribution in [3.8, 4) is 0 Å². The molecule has 0 saturated heterocycles. The molecule has 66 valence electrons. The molecule has 0 aliphatic rings. The average Bonchev–Trinajstić information content (AvgIpc) is 2.06. The van der Waals surface area contributed by atoms with E-state index in [1.54, 1.807) is 0 Å². The van der Waals surface area contributed by atoms with Crippen LogP contribution in [0.3, 0.4) is 0 Å². The number of alkyl halides is 1. The molecule has 0 aliphatic heterocycles. The molecule has 1 aromatic rings. The van der Waals surface area contributed by atoms with Crippen molar-refractivity contribution in [2.75, 3.05) is 0 Å². The van der Waals surface area contributed by atoms with Gasteiger partial charge in [0, 0.05) is 5.92 Å². The second kappa shape index (κ2) is 3.46. The minimum absolute atomic E-state index is 0.00145. The average molecular weight is 185 g/mol. The standard InChI is InChI=1S/C10H13ClO/c1-8(2)10(11,12)9-6-4-3-5-7-9/h3-8,12H,1-2H3. The molecule has 1 N–H and O–H groups in total. The third-order valence-corrected chi connectivity index (χ3v) is 2.60. The van der Waals surface area contributed by atoms with E-state index in [9.17, 15) is 5.11 Å². The Morgan fingerprint density at radius 3 is 2.17 bits per heavy atom. The third-order valence-electron chi connectivity index (χ3n) is 1.94. The van der Waals surface area contributed by atoms with Crippen LogP contribution in [0, 0.1) is 5.92 Å². The maximum Gasteiger partial charge on any atom is 0.166 e. The van der Waals surface area contributed by atoms with Crippen LogP contribution in [0.25, 0.3) is 0 Å². The van der Waals surface area contributed by atoms with Gasteiger partial charge in [0.1, 0.15) is 0 Å². The van der Waals surface area contributed by atoms with Crippen molar-refractivity contribution in [3.05, 3.63) is 35.9 Å². The van der Waals surface area contributed by atoms with Crippen LogP contribution >= 0.6 is 11.6 Å². The van der Waals surface area contributed by atoms with Gasteiger partial charge in [-0.3, -0.25) is 0 Å². The van der Waals surface area contributed by atoms with Crippen LogP contribution in [0.5, 0.6) is 0 Å². The first-order chi connectivity index (χ1) is 5.55. The van der Waals surface area contributed by atoms with Crippen LogP contribution in [0.1, 0.15) is 19.4 Å². The van der Waals surface area contributed by atoms with Crippen molar-refractivity contribution in [2.24, 2.45) is 5.92 Å². The van der Waals surface area contributed by atoms with Crippen LogP contribution in [-0.2, 0) is 5.06 Å². The second-order valence-corrected chi connectivity index (χ2v) is 3.77. The maximum atomic E-state index is 9.83. The summed E-state index contributed by atoms with van der Waals surface area (Å²) in [5, 5.41) is 8.59. The van der Waals surface area contributed by atoms with Gasteiger partial charge in [0.15, 0.2) is 5.06 Å². The molecule has 0 heterocycles. The lowest BCUT2D eigenvalue weighted by Crippen LogP contribution is -2.24. The van der Waals surface area contributed by atoms with Crippen molar-refractivity contribution in [3.63, 3.8) is 0 Å². The maximum absolute atomic E-state index is 9.83. The first-order valence-corrected chi connectivity index (χ1v) is 4.39. The highest BCUT2D eigenvalue weighted by atomic mass is 35.5. The van der Waals surface area contributed by atoms with Gasteiger partial charge in [-0.05, 0) is 5.56 Å². The Bertz CT molecular complexity index is 241. The molecule has 1 aromatic carbocycles. The Kier molecular flexibility index (Phi) is 2.76. The first-order valence-electron chi connectivity index (χ1n) is 4.02. The highest BCUT2D eigenvalue weighted by molar-refractivity contribution is 6.22. The van der Waals surface area contributed by atoms with Crippen molar-refractivity contribution < 1.29 is 5.11 Å². The van der Waals surface area contributed by atoms with Crippen LogP contribution in [-0.4, -0.2) is 5.11 Å². The van der Waals surface area contributed by atoms with Gasteiger partial charge in [-0.2, -0.15) is 0 Å². The molecule has 0 aromatic heterocycles. The van der Waals surface area contributed by atoms with Gasteiger partial charge in [0.2, 0.25) is 0 Å². The summed E-state index contributed by atoms with van der Waals surface area (Å²) in [5.41, 5.74) is 0.752. The number of aliphatic hydroxyl groups is 1. The van der Waals surface area contributed by atoms with E-state index in [-0.39, 0.29) is 5.92 Å². The predicted molar refractivity (Wildman–Crippen MR) is 51.0 cm³/mol. The molecule has 0 bridgehead atoms. The zero-order chi connectivity index (χ0) is 9.19. The van der Waals surface area contributed by atoms with Gasteiger partial charge in [-0.15, -0.1) is 0 Å². The molecular formula is C10H13ClO. The number of rotatable bonds is 2. The fourth-order valence-corrected chi connectivity index (χ4v) is 1.13. The Morgan fingerprint density at radius 1 is 1.25 bits per heavy atom. The minimum Gasteiger partial charge on any atom is -0.371 e. The summed E-state index contributed by atoms with van der Waals surface area (Å²) in [5.74, 6) is 0.00145. The van der Waals surface area contributed by atoms with Crippen molar-refractivity contribution in [1.82, 2.24) is 0 Å². The Morgan fingerprint density at radius 2 is 1.75 bits per heavy atom. The Labute approximate surface area is 78.0 Å². The van der Waals surface area contributed by atoms with Gasteiger partial charge >= 0.3 is 0 Å². The normalized spacial score (nSPS) is 16.1. The molecule has 1 nitrogen and oxygen atoms in total. The highest BCUT2D eigenvalue weighted by Crippen LogP contribution is 2.33. The molecule has 1 rings (SSSR count). The molecule has 0 saturated carbocycles. The predicted octanol–water partition coefficient (Wildman–Crippen LogP) is 2.73. The summed E-state index contributed by atoms with van der Waals surface area (Å²) >= 11 is 5.95. The van der Waals surface area contributed by atoms with Crippen molar-refractivity contribution in [1.29, 1.82) is 0 Å². The molecule has 12 heavy (non-hydrogen) atoms. The topological polar surface area (TPSA) is 20.2 Å². The summed E-state index contributed by atoms with van der Waals surface area (Å²) in [4.78, 5) is 0. The molecule has 0 spiro atoms. The molecule has 2 heteroatoms. The van der Waals surface area contributed by atoms with Crippen LogP contribution < -0.4 is 0 Å². The van der Waals surface area contributed by atoms with Gasteiger partial charge in [0.05, 0.1) is 0 Å². The summed E-state index contributed by atoms with van der Waals surface area (Å²) in [7, 11) is 0. The molecule has 0 aliphatic carbocycles. The van der Waals surface area contributed by atoms with Crippen molar-refractivity contribution >= 4 is 11.6 Å². The monoisotopic (exact) mass is 184 g/mol. The lowest BCUT2D eigenvalue weighted by Gasteiger charge is -2.25. The molecule has 1 unspecified atom stereocenters. The molecule has 0 amide bonds. The number of hydrogen-bond donors (Lipinski definition) is 1. The SMILES string of the molecule is CC(C)C(O)(Cl)c1ccccc1. The zero-order valence-corrected chi connectivity index (χ0v) is 8.05. The van der Waals surface area contributed by atoms with E-state index in [4.69, 9.17) is 11.6 Å². The van der Waals surface area contributed by atoms with Gasteiger partial charge < -0.3 is 5.11 Å². The van der Waals surface area contributed by atoms with E-state index in [2.05, 4.69) is 0 Å². The molecule has 0 radical (unpaired) electrons. The second-order valence-electron chi connectivity index (χ2n) is 3.19. The summed E-state index contributed by atoms with van der Waals surface area (Å²) in [6.45, 7) is 3.78. The summed E-state index contributed by atoms with van der Waals surface area (Å²) in [6, 6.07) is 9.28. The van der Waals surface area contributed by atoms with E-state index in [1.165, 1.54) is 0 Å². The summed E-state index contributed by atoms with van der Waals surface area (Å²) in [6.07, 6.45) is 0. The highest BCUT2D eigenvalue weighted by Gasteiger charge is 2.29. The van der Waals surface area contributed by atoms with Crippen LogP contribution in [0.15, 0.2) is 30.3 Å². The quantitative estimate of drug-likeness (QED) is 0.701. The lowest BCUT2D eigenvalue weighted by atomic mass is 9.99. The first kappa shape index (κ1) is 9.56. The molecular weight excluding hydrogens is 172 g/mol. The number of benzene rings is 1. The number of hydrogen-bond acceptors (Lipinski definition) is 1. The van der Waals surface area contributed by atoms with Gasteiger partial charge in [0.25, 0.3) is 0 Å². The largest absolute Gasteiger partial charge is 0.371 e. The zero-order valence-electron chi connectivity index (χ0n) is 7.29.